The number of amides is 2. The zero-order valence-electron chi connectivity index (χ0n) is 12.0. The van der Waals surface area contributed by atoms with Crippen molar-refractivity contribution in [3.63, 3.8) is 0 Å². The summed E-state index contributed by atoms with van der Waals surface area (Å²) in [7, 11) is 0. The first-order valence-electron chi connectivity index (χ1n) is 6.64. The molecule has 0 radical (unpaired) electrons. The fourth-order valence-electron chi connectivity index (χ4n) is 2.14. The maximum Gasteiger partial charge on any atom is 0.407 e. The minimum Gasteiger partial charge on any atom is -0.323 e. The number of aromatic amines is 2. The second-order valence-electron chi connectivity index (χ2n) is 4.89. The number of aromatic nitrogens is 2. The van der Waals surface area contributed by atoms with Gasteiger partial charge < -0.3 is 9.82 Å². The molecule has 2 amide bonds. The molecule has 0 atom stereocenters. The summed E-state index contributed by atoms with van der Waals surface area (Å²) in [6.07, 6.45) is 0.338. The molecule has 0 saturated heterocycles. The quantitative estimate of drug-likeness (QED) is 0.744. The zero-order chi connectivity index (χ0) is 18.4. The number of carbonyl (C=O) groups excluding carboxylic acids is 3. The normalized spacial score (nSPS) is 13.8. The summed E-state index contributed by atoms with van der Waals surface area (Å²) in [5.74, 6) is -9.05. The lowest BCUT2D eigenvalue weighted by molar-refractivity contribution is -0.198. The number of fused-ring (bicyclic) bond motifs is 1. The number of hydrogen-bond donors (Lipinski definition) is 2. The third-order valence-corrected chi connectivity index (χ3v) is 3.34. The molecule has 0 saturated carbocycles. The molecular formula is C14H7F2N3O6. The molecule has 11 heteroatoms. The lowest BCUT2D eigenvalue weighted by Crippen LogP contribution is -2.42. The highest BCUT2D eigenvalue weighted by Crippen LogP contribution is 2.29. The van der Waals surface area contributed by atoms with E-state index >= 15 is 0 Å². The number of rotatable bonds is 3. The van der Waals surface area contributed by atoms with E-state index in [0.29, 0.717) is 6.20 Å². The van der Waals surface area contributed by atoms with E-state index in [1.165, 1.54) is 29.2 Å². The second-order valence-corrected chi connectivity index (χ2v) is 4.89. The summed E-state index contributed by atoms with van der Waals surface area (Å²) in [4.78, 5) is 65.5. The fraction of sp³-hybridized carbons (Fsp3) is 0.0714. The second kappa shape index (κ2) is 5.47. The van der Waals surface area contributed by atoms with Crippen molar-refractivity contribution < 1.29 is 28.0 Å². The number of nitrogens with zero attached hydrogens (tertiary/aromatic N) is 1. The van der Waals surface area contributed by atoms with Crippen LogP contribution in [0.2, 0.25) is 0 Å². The summed E-state index contributed by atoms with van der Waals surface area (Å²) in [6.45, 7) is 0. The Kier molecular flexibility index (Phi) is 3.55. The summed E-state index contributed by atoms with van der Waals surface area (Å²) < 4.78 is 28.2. The van der Waals surface area contributed by atoms with Gasteiger partial charge in [0.25, 0.3) is 17.4 Å². The van der Waals surface area contributed by atoms with Crippen LogP contribution >= 0.6 is 0 Å². The maximum atomic E-state index is 14.1. The molecule has 1 aromatic heterocycles. The molecule has 128 valence electrons. The number of alkyl halides is 2. The van der Waals surface area contributed by atoms with Crippen LogP contribution in [0.25, 0.3) is 0 Å². The molecule has 2 heterocycles. The van der Waals surface area contributed by atoms with Gasteiger partial charge in [-0.3, -0.25) is 19.4 Å². The van der Waals surface area contributed by atoms with Crippen LogP contribution in [0, 0.1) is 0 Å². The first-order chi connectivity index (χ1) is 11.7. The van der Waals surface area contributed by atoms with Gasteiger partial charge in [0.15, 0.2) is 0 Å². The van der Waals surface area contributed by atoms with E-state index in [9.17, 15) is 32.8 Å². The van der Waals surface area contributed by atoms with Crippen molar-refractivity contribution in [1.29, 1.82) is 0 Å². The van der Waals surface area contributed by atoms with Gasteiger partial charge in [-0.2, -0.15) is 8.78 Å². The van der Waals surface area contributed by atoms with E-state index in [4.69, 9.17) is 0 Å². The van der Waals surface area contributed by atoms with E-state index in [-0.39, 0.29) is 16.2 Å². The molecule has 3 rings (SSSR count). The van der Waals surface area contributed by atoms with Crippen molar-refractivity contribution in [1.82, 2.24) is 15.0 Å². The molecule has 2 N–H and O–H groups in total. The third-order valence-electron chi connectivity index (χ3n) is 3.34. The van der Waals surface area contributed by atoms with Gasteiger partial charge in [0.05, 0.1) is 11.1 Å². The number of hydroxylamine groups is 2. The van der Waals surface area contributed by atoms with E-state index in [0.717, 1.165) is 0 Å². The van der Waals surface area contributed by atoms with Gasteiger partial charge in [-0.05, 0) is 12.1 Å². The number of imide groups is 1. The summed E-state index contributed by atoms with van der Waals surface area (Å²) in [5, 5.41) is -0.110. The standard InChI is InChI=1S/C14H7F2N3O6/c15-14(16,8-5-17-13(24)18-9(8)20)12(23)25-19-10(21)6-3-1-2-4-7(6)11(19)22/h1-5H,(H2,17,18,20,24). The topological polar surface area (TPSA) is 129 Å². The first-order valence-corrected chi connectivity index (χ1v) is 6.64. The molecule has 0 aliphatic carbocycles. The molecule has 0 fully saturated rings. The van der Waals surface area contributed by atoms with Gasteiger partial charge >= 0.3 is 17.6 Å². The zero-order valence-corrected chi connectivity index (χ0v) is 12.0. The number of nitrogens with one attached hydrogen (secondary N) is 2. The van der Waals surface area contributed by atoms with Crippen LogP contribution in [0.15, 0.2) is 40.1 Å². The average molecular weight is 351 g/mol. The van der Waals surface area contributed by atoms with Gasteiger partial charge in [0.1, 0.15) is 5.56 Å². The Hall–Kier alpha value is -3.63. The van der Waals surface area contributed by atoms with Crippen LogP contribution in [0.5, 0.6) is 0 Å². The van der Waals surface area contributed by atoms with Crippen molar-refractivity contribution >= 4 is 17.8 Å². The predicted octanol–water partition coefficient (Wildman–Crippen LogP) is -0.0906. The van der Waals surface area contributed by atoms with Gasteiger partial charge in [-0.15, -0.1) is 0 Å². The van der Waals surface area contributed by atoms with Gasteiger partial charge in [-0.25, -0.2) is 9.59 Å². The fourth-order valence-corrected chi connectivity index (χ4v) is 2.14. The molecule has 25 heavy (non-hydrogen) atoms. The number of carbonyl (C=O) groups is 3. The highest BCUT2D eigenvalue weighted by Gasteiger charge is 2.49. The van der Waals surface area contributed by atoms with Crippen LogP contribution < -0.4 is 11.2 Å². The van der Waals surface area contributed by atoms with Crippen LogP contribution in [0.1, 0.15) is 26.3 Å². The molecule has 1 aliphatic rings. The highest BCUT2D eigenvalue weighted by atomic mass is 19.3. The maximum absolute atomic E-state index is 14.1. The Labute approximate surface area is 135 Å². The van der Waals surface area contributed by atoms with Crippen LogP contribution in [0.3, 0.4) is 0 Å². The smallest absolute Gasteiger partial charge is 0.323 e. The SMILES string of the molecule is O=C1c2ccccc2C(=O)N1OC(=O)C(F)(F)c1c[nH]c(=O)[nH]c1=O. The molecule has 9 nitrogen and oxygen atoms in total. The van der Waals surface area contributed by atoms with E-state index < -0.39 is 40.5 Å². The van der Waals surface area contributed by atoms with Crippen molar-refractivity contribution in [3.05, 3.63) is 68.0 Å². The minimum atomic E-state index is -4.52. The Morgan fingerprint density at radius 3 is 2.12 bits per heavy atom. The molecule has 1 aromatic carbocycles. The van der Waals surface area contributed by atoms with Crippen molar-refractivity contribution in [2.24, 2.45) is 0 Å². The number of hydrogen-bond acceptors (Lipinski definition) is 6. The lowest BCUT2D eigenvalue weighted by atomic mass is 10.1. The minimum absolute atomic E-state index is 0.110. The van der Waals surface area contributed by atoms with Gasteiger partial charge in [0, 0.05) is 6.20 Å². The molecule has 1 aliphatic heterocycles. The Bertz CT molecular complexity index is 990. The first kappa shape index (κ1) is 16.2. The highest BCUT2D eigenvalue weighted by molar-refractivity contribution is 6.20. The lowest BCUT2D eigenvalue weighted by Gasteiger charge is -2.17. The molecule has 0 bridgehead atoms. The van der Waals surface area contributed by atoms with E-state index in [1.54, 1.807) is 4.98 Å². The molecule has 0 spiro atoms. The monoisotopic (exact) mass is 351 g/mol. The Balaban J connectivity index is 1.90. The van der Waals surface area contributed by atoms with Crippen LogP contribution in [0.4, 0.5) is 8.78 Å². The van der Waals surface area contributed by atoms with Crippen LogP contribution in [-0.2, 0) is 15.6 Å². The van der Waals surface area contributed by atoms with Crippen molar-refractivity contribution in [3.8, 4) is 0 Å². The largest absolute Gasteiger partial charge is 0.407 e. The molecular weight excluding hydrogens is 344 g/mol. The average Bonchev–Trinajstić information content (AvgIpc) is 2.80. The Morgan fingerprint density at radius 1 is 1.04 bits per heavy atom. The summed E-state index contributed by atoms with van der Waals surface area (Å²) >= 11 is 0. The van der Waals surface area contributed by atoms with Gasteiger partial charge in [0.2, 0.25) is 0 Å². The summed E-state index contributed by atoms with van der Waals surface area (Å²) in [6, 6.07) is 5.38. The van der Waals surface area contributed by atoms with Crippen LogP contribution in [-0.4, -0.2) is 32.8 Å². The van der Waals surface area contributed by atoms with E-state index in [1.807, 2.05) is 0 Å². The molecule has 2 aromatic rings. The summed E-state index contributed by atoms with van der Waals surface area (Å²) in [5.41, 5.74) is -4.23. The predicted molar refractivity (Wildman–Crippen MR) is 74.6 cm³/mol. The number of halogens is 2. The number of benzene rings is 1. The third kappa shape index (κ3) is 2.51. The van der Waals surface area contributed by atoms with Crippen molar-refractivity contribution in [2.75, 3.05) is 0 Å². The van der Waals surface area contributed by atoms with Crippen molar-refractivity contribution in [2.45, 2.75) is 5.92 Å². The Morgan fingerprint density at radius 2 is 1.60 bits per heavy atom. The van der Waals surface area contributed by atoms with Gasteiger partial charge in [-0.1, -0.05) is 17.2 Å². The molecule has 0 unspecified atom stereocenters. The number of H-pyrrole nitrogens is 2. The van der Waals surface area contributed by atoms with E-state index in [2.05, 4.69) is 4.84 Å².